The summed E-state index contributed by atoms with van der Waals surface area (Å²) in [6, 6.07) is 15.7. The minimum atomic E-state index is -0.114. The van der Waals surface area contributed by atoms with Crippen LogP contribution in [-0.2, 0) is 6.54 Å². The highest BCUT2D eigenvalue weighted by atomic mass is 32.1. The van der Waals surface area contributed by atoms with Gasteiger partial charge in [0.1, 0.15) is 17.2 Å². The molecule has 1 aromatic heterocycles. The van der Waals surface area contributed by atoms with Crippen molar-refractivity contribution >= 4 is 22.4 Å². The molecule has 2 aliphatic rings. The molecule has 172 valence electrons. The summed E-state index contributed by atoms with van der Waals surface area (Å²) >= 11 is 1.43. The number of thiazole rings is 1. The maximum absolute atomic E-state index is 12.4. The number of para-hydroxylation sites is 1. The van der Waals surface area contributed by atoms with Crippen molar-refractivity contribution in [3.63, 3.8) is 0 Å². The maximum Gasteiger partial charge on any atom is 0.263 e. The lowest BCUT2D eigenvalue weighted by Gasteiger charge is -2.34. The molecule has 5 rings (SSSR count). The number of hydrogen-bond donors (Lipinski definition) is 1. The van der Waals surface area contributed by atoms with Crippen molar-refractivity contribution in [2.24, 2.45) is 0 Å². The van der Waals surface area contributed by atoms with Crippen LogP contribution in [-0.4, -0.2) is 61.9 Å². The van der Waals surface area contributed by atoms with E-state index in [1.54, 1.807) is 6.20 Å². The summed E-state index contributed by atoms with van der Waals surface area (Å²) in [6.45, 7) is 5.67. The zero-order chi connectivity index (χ0) is 22.5. The minimum Gasteiger partial charge on any atom is -0.492 e. The van der Waals surface area contributed by atoms with Crippen molar-refractivity contribution in [3.05, 3.63) is 65.2 Å². The van der Waals surface area contributed by atoms with E-state index in [4.69, 9.17) is 14.2 Å². The number of piperazine rings is 1. The van der Waals surface area contributed by atoms with Crippen molar-refractivity contribution in [2.45, 2.75) is 6.54 Å². The molecule has 1 fully saturated rings. The van der Waals surface area contributed by atoms with Crippen LogP contribution in [0.1, 0.15) is 15.2 Å². The standard InChI is InChI=1S/C24H26N4O4S/c29-23(25-8-13-30-19-4-2-1-3-5-19)22-15-26-24(33-22)28-11-9-27(10-12-28)16-18-6-7-20-21(14-18)32-17-31-20/h1-7,14-15H,8-13,16-17H2,(H,25,29). The first-order valence-electron chi connectivity index (χ1n) is 11.0. The molecule has 0 radical (unpaired) electrons. The van der Waals surface area contributed by atoms with Crippen molar-refractivity contribution in [2.75, 3.05) is 51.0 Å². The number of hydrogen-bond acceptors (Lipinski definition) is 8. The zero-order valence-electron chi connectivity index (χ0n) is 18.2. The predicted octanol–water partition coefficient (Wildman–Crippen LogP) is 3.00. The Kier molecular flexibility index (Phi) is 6.59. The molecule has 3 aromatic rings. The summed E-state index contributed by atoms with van der Waals surface area (Å²) in [5.74, 6) is 2.32. The second-order valence-corrected chi connectivity index (χ2v) is 8.88. The lowest BCUT2D eigenvalue weighted by atomic mass is 10.1. The molecule has 0 spiro atoms. The smallest absolute Gasteiger partial charge is 0.263 e. The Morgan fingerprint density at radius 2 is 1.88 bits per heavy atom. The van der Waals surface area contributed by atoms with Gasteiger partial charge in [-0.15, -0.1) is 0 Å². The number of carbonyl (C=O) groups is 1. The van der Waals surface area contributed by atoms with Crippen molar-refractivity contribution in [3.8, 4) is 17.2 Å². The van der Waals surface area contributed by atoms with Gasteiger partial charge in [-0.25, -0.2) is 4.98 Å². The fraction of sp³-hybridized carbons (Fsp3) is 0.333. The molecule has 33 heavy (non-hydrogen) atoms. The van der Waals surface area contributed by atoms with Gasteiger partial charge in [-0.2, -0.15) is 0 Å². The molecule has 9 heteroatoms. The molecule has 0 atom stereocenters. The van der Waals surface area contributed by atoms with Crippen LogP contribution < -0.4 is 24.4 Å². The SMILES string of the molecule is O=C(NCCOc1ccccc1)c1cnc(N2CCN(Cc3ccc4c(c3)OCO4)CC2)s1. The number of nitrogens with zero attached hydrogens (tertiary/aromatic N) is 3. The average molecular weight is 467 g/mol. The van der Waals surface area contributed by atoms with Gasteiger partial charge in [-0.3, -0.25) is 9.69 Å². The second-order valence-electron chi connectivity index (χ2n) is 7.88. The van der Waals surface area contributed by atoms with Crippen LogP contribution in [0.25, 0.3) is 0 Å². The summed E-state index contributed by atoms with van der Waals surface area (Å²) in [7, 11) is 0. The number of fused-ring (bicyclic) bond motifs is 1. The summed E-state index contributed by atoms with van der Waals surface area (Å²) in [4.78, 5) is 22.2. The molecule has 2 aliphatic heterocycles. The average Bonchev–Trinajstić information content (AvgIpc) is 3.53. The predicted molar refractivity (Wildman–Crippen MR) is 126 cm³/mol. The van der Waals surface area contributed by atoms with E-state index in [0.717, 1.165) is 55.1 Å². The number of ether oxygens (including phenoxy) is 3. The van der Waals surface area contributed by atoms with Gasteiger partial charge in [0.2, 0.25) is 6.79 Å². The first-order valence-corrected chi connectivity index (χ1v) is 11.8. The van der Waals surface area contributed by atoms with E-state index in [1.165, 1.54) is 16.9 Å². The Balaban J connectivity index is 1.06. The molecule has 1 N–H and O–H groups in total. The van der Waals surface area contributed by atoms with E-state index < -0.39 is 0 Å². The normalized spacial score (nSPS) is 15.5. The molecular weight excluding hydrogens is 440 g/mol. The molecule has 0 bridgehead atoms. The molecule has 0 saturated carbocycles. The zero-order valence-corrected chi connectivity index (χ0v) is 19.1. The fourth-order valence-electron chi connectivity index (χ4n) is 3.85. The van der Waals surface area contributed by atoms with Gasteiger partial charge in [0, 0.05) is 32.7 Å². The van der Waals surface area contributed by atoms with Gasteiger partial charge in [-0.1, -0.05) is 35.6 Å². The van der Waals surface area contributed by atoms with E-state index in [2.05, 4.69) is 32.2 Å². The lowest BCUT2D eigenvalue weighted by Crippen LogP contribution is -2.45. The van der Waals surface area contributed by atoms with Gasteiger partial charge in [0.25, 0.3) is 5.91 Å². The van der Waals surface area contributed by atoms with Gasteiger partial charge in [0.15, 0.2) is 16.6 Å². The molecule has 0 unspecified atom stereocenters. The number of amides is 1. The quantitative estimate of drug-likeness (QED) is 0.512. The van der Waals surface area contributed by atoms with Crippen molar-refractivity contribution in [1.29, 1.82) is 0 Å². The molecule has 3 heterocycles. The number of nitrogens with one attached hydrogen (secondary N) is 1. The van der Waals surface area contributed by atoms with E-state index in [-0.39, 0.29) is 5.91 Å². The topological polar surface area (TPSA) is 76.2 Å². The molecular formula is C24H26N4O4S. The number of anilines is 1. The van der Waals surface area contributed by atoms with Gasteiger partial charge < -0.3 is 24.4 Å². The summed E-state index contributed by atoms with van der Waals surface area (Å²) in [6.07, 6.45) is 1.66. The van der Waals surface area contributed by atoms with Crippen LogP contribution in [0.4, 0.5) is 5.13 Å². The molecule has 1 amide bonds. The third kappa shape index (κ3) is 5.37. The Hall–Kier alpha value is -3.30. The van der Waals surface area contributed by atoms with Gasteiger partial charge in [-0.05, 0) is 29.8 Å². The van der Waals surface area contributed by atoms with E-state index in [0.29, 0.717) is 24.8 Å². The Morgan fingerprint density at radius 1 is 1.06 bits per heavy atom. The molecule has 8 nitrogen and oxygen atoms in total. The Morgan fingerprint density at radius 3 is 2.73 bits per heavy atom. The number of benzene rings is 2. The van der Waals surface area contributed by atoms with E-state index in [1.807, 2.05) is 36.4 Å². The summed E-state index contributed by atoms with van der Waals surface area (Å²) < 4.78 is 16.5. The number of rotatable bonds is 8. The van der Waals surface area contributed by atoms with Gasteiger partial charge in [0.05, 0.1) is 12.7 Å². The van der Waals surface area contributed by atoms with Gasteiger partial charge >= 0.3 is 0 Å². The minimum absolute atomic E-state index is 0.114. The highest BCUT2D eigenvalue weighted by molar-refractivity contribution is 7.17. The van der Waals surface area contributed by atoms with Crippen LogP contribution in [0.2, 0.25) is 0 Å². The first kappa shape index (κ1) is 21.5. The van der Waals surface area contributed by atoms with Crippen molar-refractivity contribution in [1.82, 2.24) is 15.2 Å². The van der Waals surface area contributed by atoms with Crippen LogP contribution in [0.5, 0.6) is 17.2 Å². The Labute approximate surface area is 196 Å². The van der Waals surface area contributed by atoms with E-state index >= 15 is 0 Å². The lowest BCUT2D eigenvalue weighted by molar-refractivity contribution is 0.0951. The van der Waals surface area contributed by atoms with E-state index in [9.17, 15) is 4.79 Å². The van der Waals surface area contributed by atoms with Crippen molar-refractivity contribution < 1.29 is 19.0 Å². The first-order chi connectivity index (χ1) is 16.2. The largest absolute Gasteiger partial charge is 0.492 e. The van der Waals surface area contributed by atoms with Crippen LogP contribution in [0.3, 0.4) is 0 Å². The summed E-state index contributed by atoms with van der Waals surface area (Å²) in [5.41, 5.74) is 1.22. The highest BCUT2D eigenvalue weighted by Crippen LogP contribution is 2.33. The molecule has 2 aromatic carbocycles. The molecule has 1 saturated heterocycles. The number of carbonyl (C=O) groups excluding carboxylic acids is 1. The van der Waals surface area contributed by atoms with Crippen LogP contribution in [0, 0.1) is 0 Å². The fourth-order valence-corrected chi connectivity index (χ4v) is 4.73. The third-order valence-electron chi connectivity index (χ3n) is 5.60. The highest BCUT2D eigenvalue weighted by Gasteiger charge is 2.22. The number of aromatic nitrogens is 1. The Bertz CT molecular complexity index is 1080. The van der Waals surface area contributed by atoms with Crippen LogP contribution in [0.15, 0.2) is 54.7 Å². The molecule has 0 aliphatic carbocycles. The summed E-state index contributed by atoms with van der Waals surface area (Å²) in [5, 5.41) is 3.79. The monoisotopic (exact) mass is 466 g/mol. The second kappa shape index (κ2) is 10.1. The third-order valence-corrected chi connectivity index (χ3v) is 6.66. The van der Waals surface area contributed by atoms with Crippen LogP contribution >= 0.6 is 11.3 Å². The maximum atomic E-state index is 12.4.